The molecule has 3 heteroatoms. The summed E-state index contributed by atoms with van der Waals surface area (Å²) in [6, 6.07) is 0. The number of hydrogen-bond acceptors (Lipinski definition) is 2. The lowest BCUT2D eigenvalue weighted by atomic mass is 11.1. The zero-order chi connectivity index (χ0) is 4.99. The van der Waals surface area contributed by atoms with Crippen molar-refractivity contribution in [3.8, 4) is 0 Å². The quantitative estimate of drug-likeness (QED) is 0.371. The Labute approximate surface area is 41.2 Å². The van der Waals surface area contributed by atoms with Gasteiger partial charge in [0.1, 0.15) is 0 Å². The maximum atomic E-state index is 9.57. The monoisotopic (exact) mass is 103 g/mol. The first-order valence-electron chi connectivity index (χ1n) is 1.26. The van der Waals surface area contributed by atoms with Crippen LogP contribution < -0.4 is 0 Å². The molecule has 0 unspecified atom stereocenters. The van der Waals surface area contributed by atoms with Crippen LogP contribution >= 0.6 is 12.6 Å². The van der Waals surface area contributed by atoms with E-state index in [1.54, 1.807) is 0 Å². The van der Waals surface area contributed by atoms with Crippen molar-refractivity contribution in [1.29, 1.82) is 0 Å². The summed E-state index contributed by atoms with van der Waals surface area (Å²) in [4.78, 5) is 9.57. The molecule has 0 atom stereocenters. The molecule has 0 bridgehead atoms. The summed E-state index contributed by atoms with van der Waals surface area (Å²) in [5.41, 5.74) is 0. The molecular formula is C3H3O2S. The zero-order valence-electron chi connectivity index (χ0n) is 3.01. The lowest BCUT2D eigenvalue weighted by Gasteiger charge is -1.80. The highest BCUT2D eigenvalue weighted by atomic mass is 32.1. The molecule has 33 valence electrons. The van der Waals surface area contributed by atoms with Crippen molar-refractivity contribution in [2.45, 2.75) is 0 Å². The molecule has 0 spiro atoms. The van der Waals surface area contributed by atoms with Gasteiger partial charge in [-0.05, 0) is 0 Å². The fourth-order valence-corrected chi connectivity index (χ4v) is 0.136. The Bertz CT molecular complexity index is 69.2. The summed E-state index contributed by atoms with van der Waals surface area (Å²) in [6.07, 6.45) is 0.995. The molecule has 0 aromatic rings. The molecule has 0 aromatic carbocycles. The van der Waals surface area contributed by atoms with E-state index in [2.05, 4.69) is 23.9 Å². The predicted octanol–water partition coefficient (Wildman–Crippen LogP) is 1.46. The van der Waals surface area contributed by atoms with Gasteiger partial charge in [-0.15, -0.1) is 0 Å². The third kappa shape index (κ3) is 3.43. The smallest absolute Gasteiger partial charge is 0.404 e. The van der Waals surface area contributed by atoms with E-state index in [0.717, 1.165) is 6.26 Å². The third-order valence-electron chi connectivity index (χ3n) is 0.180. The molecule has 0 N–H and O–H groups in total. The molecule has 0 aromatic heterocycles. The van der Waals surface area contributed by atoms with Crippen molar-refractivity contribution in [2.24, 2.45) is 0 Å². The summed E-state index contributed by atoms with van der Waals surface area (Å²) in [7, 11) is 0. The van der Waals surface area contributed by atoms with Crippen LogP contribution in [-0.4, -0.2) is 5.30 Å². The van der Waals surface area contributed by atoms with E-state index in [0.29, 0.717) is 0 Å². The third-order valence-corrected chi connectivity index (χ3v) is 0.276. The predicted molar refractivity (Wildman–Crippen MR) is 24.3 cm³/mol. The number of rotatable bonds is 1. The van der Waals surface area contributed by atoms with Gasteiger partial charge in [-0.25, -0.2) is 4.79 Å². The molecule has 0 amide bonds. The normalized spacial score (nSPS) is 6.67. The maximum absolute atomic E-state index is 9.57. The van der Waals surface area contributed by atoms with Crippen LogP contribution in [0.1, 0.15) is 0 Å². The molecule has 0 aliphatic carbocycles. The summed E-state index contributed by atoms with van der Waals surface area (Å²) in [6.45, 7) is 3.09. The SMILES string of the molecule is C=COC(=O)[S]. The van der Waals surface area contributed by atoms with Crippen LogP contribution in [0, 0.1) is 0 Å². The van der Waals surface area contributed by atoms with Crippen molar-refractivity contribution in [2.75, 3.05) is 0 Å². The van der Waals surface area contributed by atoms with Gasteiger partial charge < -0.3 is 4.74 Å². The van der Waals surface area contributed by atoms with Crippen LogP contribution in [0.25, 0.3) is 0 Å². The first kappa shape index (κ1) is 5.43. The van der Waals surface area contributed by atoms with Gasteiger partial charge in [-0.3, -0.25) is 0 Å². The van der Waals surface area contributed by atoms with Crippen LogP contribution in [0.5, 0.6) is 0 Å². The Kier molecular flexibility index (Phi) is 2.40. The van der Waals surface area contributed by atoms with Crippen molar-refractivity contribution >= 4 is 17.9 Å². The second-order valence-electron chi connectivity index (χ2n) is 0.535. The van der Waals surface area contributed by atoms with E-state index in [1.807, 2.05) is 0 Å². The molecule has 0 aliphatic heterocycles. The van der Waals surface area contributed by atoms with Crippen LogP contribution in [0.4, 0.5) is 4.79 Å². The van der Waals surface area contributed by atoms with Crippen LogP contribution in [0.3, 0.4) is 0 Å². The second-order valence-corrected chi connectivity index (χ2v) is 0.868. The van der Waals surface area contributed by atoms with E-state index in [-0.39, 0.29) is 0 Å². The highest BCUT2D eigenvalue weighted by Gasteiger charge is 1.83. The first-order chi connectivity index (χ1) is 2.77. The minimum atomic E-state index is -0.745. The molecule has 6 heavy (non-hydrogen) atoms. The van der Waals surface area contributed by atoms with Crippen molar-refractivity contribution < 1.29 is 9.53 Å². The van der Waals surface area contributed by atoms with Crippen LogP contribution in [-0.2, 0) is 4.74 Å². The Morgan fingerprint density at radius 3 is 2.50 bits per heavy atom. The van der Waals surface area contributed by atoms with E-state index in [1.165, 1.54) is 0 Å². The first-order valence-corrected chi connectivity index (χ1v) is 1.66. The molecule has 1 radical (unpaired) electrons. The molecule has 0 heterocycles. The molecule has 0 saturated carbocycles. The molecule has 0 aliphatic rings. The summed E-state index contributed by atoms with van der Waals surface area (Å²) in [5, 5.41) is -0.745. The fourth-order valence-electron chi connectivity index (χ4n) is 0.0680. The standard InChI is InChI=1S/C3H3O2S/c1-2-5-3(4)6/h2H,1H2. The van der Waals surface area contributed by atoms with Gasteiger partial charge in [-0.2, -0.15) is 0 Å². The Morgan fingerprint density at radius 1 is 2.00 bits per heavy atom. The van der Waals surface area contributed by atoms with E-state index in [4.69, 9.17) is 0 Å². The van der Waals surface area contributed by atoms with E-state index in [9.17, 15) is 4.79 Å². The van der Waals surface area contributed by atoms with Crippen LogP contribution in [0.2, 0.25) is 0 Å². The number of ether oxygens (including phenoxy) is 1. The largest absolute Gasteiger partial charge is 0.424 e. The minimum Gasteiger partial charge on any atom is -0.424 e. The minimum absolute atomic E-state index is 0.745. The van der Waals surface area contributed by atoms with E-state index >= 15 is 0 Å². The van der Waals surface area contributed by atoms with Gasteiger partial charge in [0.05, 0.1) is 6.26 Å². The highest BCUT2D eigenvalue weighted by Crippen LogP contribution is 1.82. The van der Waals surface area contributed by atoms with Crippen molar-refractivity contribution in [3.05, 3.63) is 12.8 Å². The van der Waals surface area contributed by atoms with Crippen molar-refractivity contribution in [1.82, 2.24) is 0 Å². The Hall–Kier alpha value is -0.570. The van der Waals surface area contributed by atoms with Gasteiger partial charge in [0.15, 0.2) is 0 Å². The zero-order valence-corrected chi connectivity index (χ0v) is 3.83. The van der Waals surface area contributed by atoms with Crippen LogP contribution in [0.15, 0.2) is 12.8 Å². The fraction of sp³-hybridized carbons (Fsp3) is 0. The van der Waals surface area contributed by atoms with Gasteiger partial charge >= 0.3 is 5.30 Å². The van der Waals surface area contributed by atoms with Gasteiger partial charge in [-0.1, -0.05) is 6.58 Å². The van der Waals surface area contributed by atoms with Gasteiger partial charge in [0.2, 0.25) is 0 Å². The Morgan fingerprint density at radius 2 is 2.50 bits per heavy atom. The topological polar surface area (TPSA) is 26.3 Å². The van der Waals surface area contributed by atoms with Gasteiger partial charge in [0.25, 0.3) is 0 Å². The molecular weight excluding hydrogens is 100 g/mol. The highest BCUT2D eigenvalue weighted by molar-refractivity contribution is 7.96. The molecule has 0 fully saturated rings. The molecule has 0 rings (SSSR count). The average molecular weight is 103 g/mol. The number of carbonyl (C=O) groups excluding carboxylic acids is 1. The summed E-state index contributed by atoms with van der Waals surface area (Å²) in [5.74, 6) is 0. The number of carbonyl (C=O) groups is 1. The van der Waals surface area contributed by atoms with E-state index < -0.39 is 5.30 Å². The van der Waals surface area contributed by atoms with Crippen molar-refractivity contribution in [3.63, 3.8) is 0 Å². The molecule has 2 nitrogen and oxygen atoms in total. The summed E-state index contributed by atoms with van der Waals surface area (Å²) >= 11 is 3.95. The average Bonchev–Trinajstić information content (AvgIpc) is 1.35. The number of hydrogen-bond donors (Lipinski definition) is 0. The maximum Gasteiger partial charge on any atom is 0.404 e. The Balaban J connectivity index is 3.05. The van der Waals surface area contributed by atoms with Gasteiger partial charge in [0, 0.05) is 12.6 Å². The molecule has 0 saturated heterocycles. The lowest BCUT2D eigenvalue weighted by molar-refractivity contribution is 0.214. The lowest BCUT2D eigenvalue weighted by Crippen LogP contribution is -1.79. The summed E-state index contributed by atoms with van der Waals surface area (Å²) < 4.78 is 3.98. The second kappa shape index (κ2) is 2.66.